The van der Waals surface area contributed by atoms with E-state index in [1.165, 1.54) is 5.56 Å². The number of carboxylic acid groups (broad SMARTS) is 1. The van der Waals surface area contributed by atoms with Crippen molar-refractivity contribution in [1.82, 2.24) is 0 Å². The van der Waals surface area contributed by atoms with Crippen molar-refractivity contribution in [3.8, 4) is 0 Å². The third-order valence-electron chi connectivity index (χ3n) is 2.95. The number of aliphatic carboxylic acids is 1. The Bertz CT molecular complexity index is 369. The second-order valence-corrected chi connectivity index (χ2v) is 5.27. The van der Waals surface area contributed by atoms with Gasteiger partial charge in [-0.25, -0.2) is 0 Å². The van der Waals surface area contributed by atoms with E-state index in [1.807, 2.05) is 18.2 Å². The summed E-state index contributed by atoms with van der Waals surface area (Å²) in [5.74, 6) is 0.176. The van der Waals surface area contributed by atoms with Crippen LogP contribution in [0.1, 0.15) is 17.2 Å². The minimum Gasteiger partial charge on any atom is -0.481 e. The number of thioether (sulfide) groups is 1. The fourth-order valence-corrected chi connectivity index (χ4v) is 3.67. The maximum absolute atomic E-state index is 10.7. The molecule has 3 nitrogen and oxygen atoms in total. The van der Waals surface area contributed by atoms with Gasteiger partial charge in [-0.15, -0.1) is 0 Å². The molecule has 1 aromatic rings. The van der Waals surface area contributed by atoms with E-state index in [2.05, 4.69) is 12.1 Å². The average molecular weight is 237 g/mol. The highest BCUT2D eigenvalue weighted by atomic mass is 32.2. The highest BCUT2D eigenvalue weighted by Gasteiger charge is 2.35. The molecule has 1 aliphatic rings. The first kappa shape index (κ1) is 11.5. The van der Waals surface area contributed by atoms with Gasteiger partial charge in [0.1, 0.15) is 0 Å². The summed E-state index contributed by atoms with van der Waals surface area (Å²) < 4.78 is 0. The molecule has 3 atom stereocenters. The van der Waals surface area contributed by atoms with Crippen LogP contribution in [0, 0.1) is 5.92 Å². The second kappa shape index (κ2) is 4.89. The predicted octanol–water partition coefficient (Wildman–Crippen LogP) is 1.89. The number of carbonyl (C=O) groups is 1. The molecule has 0 radical (unpaired) electrons. The number of nitrogens with two attached hydrogens (primary N) is 1. The van der Waals surface area contributed by atoms with Gasteiger partial charge < -0.3 is 10.8 Å². The Morgan fingerprint density at radius 1 is 1.44 bits per heavy atom. The molecule has 0 saturated carbocycles. The van der Waals surface area contributed by atoms with Gasteiger partial charge in [0.2, 0.25) is 0 Å². The van der Waals surface area contributed by atoms with E-state index in [4.69, 9.17) is 10.8 Å². The largest absolute Gasteiger partial charge is 0.481 e. The monoisotopic (exact) mass is 237 g/mol. The van der Waals surface area contributed by atoms with Gasteiger partial charge in [-0.05, 0) is 17.2 Å². The molecular formula is C12H15NO2S. The molecule has 3 N–H and O–H groups in total. The Morgan fingerprint density at radius 3 is 2.75 bits per heavy atom. The lowest BCUT2D eigenvalue weighted by Gasteiger charge is -2.18. The van der Waals surface area contributed by atoms with Gasteiger partial charge in [-0.3, -0.25) is 4.79 Å². The zero-order valence-electron chi connectivity index (χ0n) is 8.87. The van der Waals surface area contributed by atoms with E-state index in [0.29, 0.717) is 0 Å². The third kappa shape index (κ3) is 2.39. The smallest absolute Gasteiger partial charge is 0.303 e. The molecule has 0 aliphatic carbocycles. The van der Waals surface area contributed by atoms with E-state index in [9.17, 15) is 4.79 Å². The van der Waals surface area contributed by atoms with Crippen molar-refractivity contribution in [2.75, 3.05) is 5.75 Å². The van der Waals surface area contributed by atoms with Crippen LogP contribution in [-0.2, 0) is 4.79 Å². The van der Waals surface area contributed by atoms with Crippen LogP contribution in [0.5, 0.6) is 0 Å². The van der Waals surface area contributed by atoms with Crippen molar-refractivity contribution in [3.63, 3.8) is 0 Å². The lowest BCUT2D eigenvalue weighted by Crippen LogP contribution is -2.32. The van der Waals surface area contributed by atoms with Crippen LogP contribution in [-0.4, -0.2) is 22.9 Å². The molecule has 86 valence electrons. The van der Waals surface area contributed by atoms with Crippen molar-refractivity contribution >= 4 is 17.7 Å². The quantitative estimate of drug-likeness (QED) is 0.842. The standard InChI is InChI=1S/C12H15NO2S/c13-11-9(6-10(14)15)7-16-12(11)8-4-2-1-3-5-8/h1-5,9,11-12H,6-7,13H2,(H,14,15). The molecule has 16 heavy (non-hydrogen) atoms. The molecule has 1 fully saturated rings. The maximum atomic E-state index is 10.7. The van der Waals surface area contributed by atoms with Crippen LogP contribution in [0.3, 0.4) is 0 Å². The molecule has 1 heterocycles. The molecule has 0 amide bonds. The Labute approximate surface area is 99.0 Å². The molecule has 2 rings (SSSR count). The fourth-order valence-electron chi connectivity index (χ4n) is 2.08. The molecule has 0 bridgehead atoms. The van der Waals surface area contributed by atoms with Crippen molar-refractivity contribution < 1.29 is 9.90 Å². The van der Waals surface area contributed by atoms with Crippen LogP contribution in [0.2, 0.25) is 0 Å². The maximum Gasteiger partial charge on any atom is 0.303 e. The molecule has 1 saturated heterocycles. The zero-order valence-corrected chi connectivity index (χ0v) is 9.69. The zero-order chi connectivity index (χ0) is 11.5. The first-order chi connectivity index (χ1) is 7.68. The van der Waals surface area contributed by atoms with Crippen LogP contribution in [0.4, 0.5) is 0 Å². The Balaban J connectivity index is 2.07. The summed E-state index contributed by atoms with van der Waals surface area (Å²) in [4.78, 5) is 10.7. The summed E-state index contributed by atoms with van der Waals surface area (Å²) in [6, 6.07) is 10.0. The topological polar surface area (TPSA) is 63.3 Å². The summed E-state index contributed by atoms with van der Waals surface area (Å²) >= 11 is 1.77. The van der Waals surface area contributed by atoms with Gasteiger partial charge in [-0.2, -0.15) is 11.8 Å². The molecule has 3 unspecified atom stereocenters. The first-order valence-electron chi connectivity index (χ1n) is 5.32. The SMILES string of the molecule is NC1C(CC(=O)O)CSC1c1ccccc1. The summed E-state index contributed by atoms with van der Waals surface area (Å²) in [6.45, 7) is 0. The molecular weight excluding hydrogens is 222 g/mol. The minimum atomic E-state index is -0.755. The Kier molecular flexibility index (Phi) is 3.51. The third-order valence-corrected chi connectivity index (χ3v) is 4.51. The fraction of sp³-hybridized carbons (Fsp3) is 0.417. The number of rotatable bonds is 3. The Hall–Kier alpha value is -1.00. The van der Waals surface area contributed by atoms with Crippen molar-refractivity contribution in [1.29, 1.82) is 0 Å². The van der Waals surface area contributed by atoms with Crippen LogP contribution in [0.25, 0.3) is 0 Å². The molecule has 4 heteroatoms. The molecule has 0 aromatic heterocycles. The van der Waals surface area contributed by atoms with E-state index in [0.717, 1.165) is 5.75 Å². The number of benzene rings is 1. The van der Waals surface area contributed by atoms with Crippen LogP contribution < -0.4 is 5.73 Å². The first-order valence-corrected chi connectivity index (χ1v) is 6.37. The van der Waals surface area contributed by atoms with E-state index in [1.54, 1.807) is 11.8 Å². The van der Waals surface area contributed by atoms with Gasteiger partial charge in [0, 0.05) is 11.3 Å². The highest BCUT2D eigenvalue weighted by molar-refractivity contribution is 7.99. The van der Waals surface area contributed by atoms with Crippen molar-refractivity contribution in [2.45, 2.75) is 17.7 Å². The summed E-state index contributed by atoms with van der Waals surface area (Å²) in [7, 11) is 0. The van der Waals surface area contributed by atoms with Crippen molar-refractivity contribution in [3.05, 3.63) is 35.9 Å². The minimum absolute atomic E-state index is 0.0523. The summed E-state index contributed by atoms with van der Waals surface area (Å²) in [5, 5.41) is 9.02. The number of hydrogen-bond donors (Lipinski definition) is 2. The van der Waals surface area contributed by atoms with E-state index < -0.39 is 5.97 Å². The highest BCUT2D eigenvalue weighted by Crippen LogP contribution is 2.43. The molecule has 0 spiro atoms. The Morgan fingerprint density at radius 2 is 2.12 bits per heavy atom. The van der Waals surface area contributed by atoms with Crippen LogP contribution in [0.15, 0.2) is 30.3 Å². The van der Waals surface area contributed by atoms with E-state index in [-0.39, 0.29) is 23.6 Å². The van der Waals surface area contributed by atoms with Crippen molar-refractivity contribution in [2.24, 2.45) is 11.7 Å². The summed E-state index contributed by atoms with van der Waals surface area (Å²) in [5.41, 5.74) is 7.32. The van der Waals surface area contributed by atoms with E-state index >= 15 is 0 Å². The summed E-state index contributed by atoms with van der Waals surface area (Å²) in [6.07, 6.45) is 0.178. The van der Waals surface area contributed by atoms with Gasteiger partial charge in [-0.1, -0.05) is 30.3 Å². The average Bonchev–Trinajstić information content (AvgIpc) is 2.61. The lowest BCUT2D eigenvalue weighted by atomic mass is 9.93. The van der Waals surface area contributed by atoms with Gasteiger partial charge in [0.25, 0.3) is 0 Å². The van der Waals surface area contributed by atoms with Gasteiger partial charge in [0.05, 0.1) is 6.42 Å². The van der Waals surface area contributed by atoms with Gasteiger partial charge in [0.15, 0.2) is 0 Å². The number of carboxylic acids is 1. The molecule has 1 aliphatic heterocycles. The predicted molar refractivity (Wildman–Crippen MR) is 65.4 cm³/mol. The number of hydrogen-bond acceptors (Lipinski definition) is 3. The van der Waals surface area contributed by atoms with Crippen LogP contribution >= 0.6 is 11.8 Å². The van der Waals surface area contributed by atoms with Gasteiger partial charge >= 0.3 is 5.97 Å². The lowest BCUT2D eigenvalue weighted by molar-refractivity contribution is -0.138. The second-order valence-electron chi connectivity index (χ2n) is 4.10. The molecule has 1 aromatic carbocycles. The normalized spacial score (nSPS) is 29.2.